The number of fused-ring (bicyclic) bond motifs is 1. The van der Waals surface area contributed by atoms with Crippen molar-refractivity contribution in [3.8, 4) is 0 Å². The van der Waals surface area contributed by atoms with Crippen molar-refractivity contribution in [3.05, 3.63) is 38.3 Å². The van der Waals surface area contributed by atoms with Crippen LogP contribution in [0.25, 0.3) is 0 Å². The molecule has 0 saturated heterocycles. The Morgan fingerprint density at radius 1 is 1.53 bits per heavy atom. The maximum Gasteiger partial charge on any atom is 0.0931 e. The summed E-state index contributed by atoms with van der Waals surface area (Å²) in [6.07, 6.45) is 1.09. The van der Waals surface area contributed by atoms with Crippen molar-refractivity contribution in [2.24, 2.45) is 0 Å². The summed E-state index contributed by atoms with van der Waals surface area (Å²) in [6, 6.07) is 4.02. The Kier molecular flexibility index (Phi) is 2.94. The van der Waals surface area contributed by atoms with Gasteiger partial charge in [0, 0.05) is 11.4 Å². The van der Waals surface area contributed by atoms with Crippen molar-refractivity contribution in [2.45, 2.75) is 26.4 Å². The number of halogens is 1. The minimum absolute atomic E-state index is 0.829. The molecule has 0 spiro atoms. The molecule has 0 aromatic carbocycles. The van der Waals surface area contributed by atoms with E-state index in [-0.39, 0.29) is 0 Å². The number of thiophene rings is 1. The molecule has 0 fully saturated rings. The molecule has 0 radical (unpaired) electrons. The fourth-order valence-electron chi connectivity index (χ4n) is 2.32. The molecule has 5 heteroatoms. The predicted molar refractivity (Wildman–Crippen MR) is 70.8 cm³/mol. The topological polar surface area (TPSA) is 29.9 Å². The van der Waals surface area contributed by atoms with Crippen LogP contribution in [-0.2, 0) is 19.5 Å². The van der Waals surface area contributed by atoms with Gasteiger partial charge in [0.15, 0.2) is 0 Å². The summed E-state index contributed by atoms with van der Waals surface area (Å²) >= 11 is 7.58. The van der Waals surface area contributed by atoms with Crippen LogP contribution in [0.2, 0.25) is 4.34 Å². The van der Waals surface area contributed by atoms with Gasteiger partial charge in [0.2, 0.25) is 0 Å². The minimum atomic E-state index is 0.829. The lowest BCUT2D eigenvalue weighted by Crippen LogP contribution is -2.25. The van der Waals surface area contributed by atoms with Gasteiger partial charge in [0.1, 0.15) is 0 Å². The van der Waals surface area contributed by atoms with Crippen LogP contribution in [0.4, 0.5) is 0 Å². The molecule has 1 N–H and O–H groups in total. The predicted octanol–water partition coefficient (Wildman–Crippen LogP) is 2.60. The smallest absolute Gasteiger partial charge is 0.0931 e. The summed E-state index contributed by atoms with van der Waals surface area (Å²) in [5.41, 5.74) is 3.92. The number of aromatic nitrogens is 2. The highest BCUT2D eigenvalue weighted by Gasteiger charge is 2.18. The number of hydrogen-bond acceptors (Lipinski definition) is 3. The van der Waals surface area contributed by atoms with Crippen molar-refractivity contribution in [1.29, 1.82) is 0 Å². The highest BCUT2D eigenvalue weighted by Crippen LogP contribution is 2.24. The van der Waals surface area contributed by atoms with Crippen LogP contribution in [0.1, 0.15) is 21.8 Å². The summed E-state index contributed by atoms with van der Waals surface area (Å²) in [4.78, 5) is 1.26. The molecular formula is C12H14ClN3S. The number of rotatable bonds is 2. The molecular weight excluding hydrogens is 254 g/mol. The van der Waals surface area contributed by atoms with Crippen LogP contribution in [-0.4, -0.2) is 16.3 Å². The van der Waals surface area contributed by atoms with E-state index in [2.05, 4.69) is 28.1 Å². The fourth-order valence-corrected chi connectivity index (χ4v) is 3.39. The number of nitrogens with one attached hydrogen (secondary N) is 1. The van der Waals surface area contributed by atoms with E-state index in [0.29, 0.717) is 0 Å². The zero-order valence-electron chi connectivity index (χ0n) is 9.66. The number of nitrogens with zero attached hydrogens (tertiary/aromatic N) is 2. The van der Waals surface area contributed by atoms with E-state index >= 15 is 0 Å². The van der Waals surface area contributed by atoms with Gasteiger partial charge in [-0.2, -0.15) is 5.10 Å². The molecule has 3 rings (SSSR count). The van der Waals surface area contributed by atoms with Gasteiger partial charge in [0.05, 0.1) is 22.3 Å². The SMILES string of the molecule is Cc1nn(Cc2ccc(Cl)s2)c2c1CCNC2. The van der Waals surface area contributed by atoms with Crippen molar-refractivity contribution in [1.82, 2.24) is 15.1 Å². The van der Waals surface area contributed by atoms with Gasteiger partial charge in [-0.05, 0) is 37.6 Å². The van der Waals surface area contributed by atoms with E-state index in [1.54, 1.807) is 11.3 Å². The largest absolute Gasteiger partial charge is 0.311 e. The van der Waals surface area contributed by atoms with E-state index in [1.165, 1.54) is 21.8 Å². The molecule has 17 heavy (non-hydrogen) atoms. The molecule has 3 nitrogen and oxygen atoms in total. The van der Waals surface area contributed by atoms with Gasteiger partial charge in [-0.15, -0.1) is 11.3 Å². The Morgan fingerprint density at radius 2 is 2.41 bits per heavy atom. The molecule has 0 amide bonds. The molecule has 2 aromatic rings. The lowest BCUT2D eigenvalue weighted by Gasteiger charge is -2.15. The summed E-state index contributed by atoms with van der Waals surface area (Å²) < 4.78 is 2.95. The molecule has 0 bridgehead atoms. The van der Waals surface area contributed by atoms with Crippen LogP contribution in [0.5, 0.6) is 0 Å². The second-order valence-electron chi connectivity index (χ2n) is 4.30. The average Bonchev–Trinajstić information content (AvgIpc) is 2.86. The monoisotopic (exact) mass is 267 g/mol. The third-order valence-corrected chi connectivity index (χ3v) is 4.36. The van der Waals surface area contributed by atoms with Crippen LogP contribution in [0.15, 0.2) is 12.1 Å². The second-order valence-corrected chi connectivity index (χ2v) is 6.10. The first-order chi connectivity index (χ1) is 8.24. The minimum Gasteiger partial charge on any atom is -0.311 e. The molecule has 2 aromatic heterocycles. The zero-order valence-corrected chi connectivity index (χ0v) is 11.2. The Labute approximate surface area is 109 Å². The second kappa shape index (κ2) is 4.44. The zero-order chi connectivity index (χ0) is 11.8. The first-order valence-corrected chi connectivity index (χ1v) is 6.93. The summed E-state index contributed by atoms with van der Waals surface area (Å²) in [7, 11) is 0. The lowest BCUT2D eigenvalue weighted by atomic mass is 10.1. The van der Waals surface area contributed by atoms with Gasteiger partial charge in [0.25, 0.3) is 0 Å². The van der Waals surface area contributed by atoms with Gasteiger partial charge in [-0.1, -0.05) is 11.6 Å². The van der Waals surface area contributed by atoms with E-state index in [4.69, 9.17) is 11.6 Å². The standard InChI is InChI=1S/C12H14ClN3S/c1-8-10-4-5-14-6-11(10)16(15-8)7-9-2-3-12(13)17-9/h2-3,14H,4-7H2,1H3. The molecule has 90 valence electrons. The van der Waals surface area contributed by atoms with E-state index in [9.17, 15) is 0 Å². The van der Waals surface area contributed by atoms with E-state index in [1.807, 2.05) is 6.07 Å². The normalized spacial score (nSPS) is 14.9. The lowest BCUT2D eigenvalue weighted by molar-refractivity contribution is 0.572. The number of hydrogen-bond donors (Lipinski definition) is 1. The molecule has 0 unspecified atom stereocenters. The number of aryl methyl sites for hydroxylation is 1. The van der Waals surface area contributed by atoms with Crippen molar-refractivity contribution in [2.75, 3.05) is 6.54 Å². The molecule has 0 saturated carbocycles. The third-order valence-electron chi connectivity index (χ3n) is 3.15. The van der Waals surface area contributed by atoms with E-state index in [0.717, 1.165) is 30.4 Å². The van der Waals surface area contributed by atoms with Gasteiger partial charge in [-0.25, -0.2) is 0 Å². The third kappa shape index (κ3) is 2.12. The molecule has 1 aliphatic heterocycles. The quantitative estimate of drug-likeness (QED) is 0.907. The summed E-state index contributed by atoms with van der Waals surface area (Å²) in [5.74, 6) is 0. The van der Waals surface area contributed by atoms with E-state index < -0.39 is 0 Å². The molecule has 0 atom stereocenters. The fraction of sp³-hybridized carbons (Fsp3) is 0.417. The first kappa shape index (κ1) is 11.3. The summed E-state index contributed by atoms with van der Waals surface area (Å²) in [6.45, 7) is 4.91. The Hall–Kier alpha value is -0.840. The van der Waals surface area contributed by atoms with Crippen LogP contribution < -0.4 is 5.32 Å². The van der Waals surface area contributed by atoms with Crippen LogP contribution in [0.3, 0.4) is 0 Å². The Morgan fingerprint density at radius 3 is 3.18 bits per heavy atom. The Balaban J connectivity index is 1.93. The molecule has 3 heterocycles. The van der Waals surface area contributed by atoms with Gasteiger partial charge in [-0.3, -0.25) is 4.68 Å². The maximum atomic E-state index is 5.95. The summed E-state index contributed by atoms with van der Waals surface area (Å²) in [5, 5.41) is 8.04. The van der Waals surface area contributed by atoms with Crippen LogP contribution in [0, 0.1) is 6.92 Å². The first-order valence-electron chi connectivity index (χ1n) is 5.74. The van der Waals surface area contributed by atoms with Crippen LogP contribution >= 0.6 is 22.9 Å². The molecule has 0 aliphatic carbocycles. The van der Waals surface area contributed by atoms with Crippen molar-refractivity contribution < 1.29 is 0 Å². The highest BCUT2D eigenvalue weighted by atomic mass is 35.5. The highest BCUT2D eigenvalue weighted by molar-refractivity contribution is 7.16. The van der Waals surface area contributed by atoms with Gasteiger partial charge >= 0.3 is 0 Å². The van der Waals surface area contributed by atoms with Crippen molar-refractivity contribution >= 4 is 22.9 Å². The van der Waals surface area contributed by atoms with Crippen molar-refractivity contribution in [3.63, 3.8) is 0 Å². The average molecular weight is 268 g/mol. The Bertz CT molecular complexity index is 544. The molecule has 1 aliphatic rings. The van der Waals surface area contributed by atoms with Gasteiger partial charge < -0.3 is 5.32 Å². The maximum absolute atomic E-state index is 5.95.